The smallest absolute Gasteiger partial charge is 0.324 e. The van der Waals surface area contributed by atoms with Crippen LogP contribution in [0.2, 0.25) is 0 Å². The summed E-state index contributed by atoms with van der Waals surface area (Å²) in [6.45, 7) is 2.69. The molecule has 2 rings (SSSR count). The third-order valence-electron chi connectivity index (χ3n) is 2.35. The first-order valence-corrected chi connectivity index (χ1v) is 5.28. The van der Waals surface area contributed by atoms with Gasteiger partial charge in [-0.25, -0.2) is 14.8 Å². The first-order valence-electron chi connectivity index (χ1n) is 5.28. The molecule has 1 aliphatic heterocycles. The molecule has 0 saturated carbocycles. The van der Waals surface area contributed by atoms with E-state index in [-0.39, 0.29) is 18.5 Å². The Hall–Kier alpha value is -2.18. The van der Waals surface area contributed by atoms with Crippen LogP contribution in [0, 0.1) is 6.92 Å². The number of anilines is 1. The van der Waals surface area contributed by atoms with E-state index in [1.807, 2.05) is 6.92 Å². The van der Waals surface area contributed by atoms with E-state index in [1.54, 1.807) is 12.3 Å². The molecule has 0 spiro atoms. The molecular weight excluding hydrogens is 222 g/mol. The second-order valence-corrected chi connectivity index (χ2v) is 3.65. The maximum atomic E-state index is 11.3. The van der Waals surface area contributed by atoms with Gasteiger partial charge in [-0.2, -0.15) is 0 Å². The van der Waals surface area contributed by atoms with Gasteiger partial charge in [0.1, 0.15) is 0 Å². The fourth-order valence-corrected chi connectivity index (χ4v) is 1.50. The van der Waals surface area contributed by atoms with Crippen LogP contribution >= 0.6 is 0 Å². The number of aromatic nitrogens is 2. The fraction of sp³-hybridized carbons (Fsp3) is 0.400. The van der Waals surface area contributed by atoms with Gasteiger partial charge in [-0.15, -0.1) is 0 Å². The quantitative estimate of drug-likeness (QED) is 0.703. The Morgan fingerprint density at radius 2 is 2.35 bits per heavy atom. The van der Waals surface area contributed by atoms with Gasteiger partial charge in [-0.05, 0) is 13.0 Å². The third kappa shape index (κ3) is 2.68. The van der Waals surface area contributed by atoms with Crippen LogP contribution in [-0.4, -0.2) is 46.4 Å². The van der Waals surface area contributed by atoms with E-state index in [4.69, 9.17) is 0 Å². The van der Waals surface area contributed by atoms with Gasteiger partial charge in [0.25, 0.3) is 0 Å². The zero-order valence-electron chi connectivity index (χ0n) is 9.43. The zero-order valence-corrected chi connectivity index (χ0v) is 9.43. The van der Waals surface area contributed by atoms with Gasteiger partial charge in [0.15, 0.2) is 0 Å². The highest BCUT2D eigenvalue weighted by Crippen LogP contribution is 2.00. The lowest BCUT2D eigenvalue weighted by Gasteiger charge is -2.12. The molecule has 0 radical (unpaired) electrons. The van der Waals surface area contributed by atoms with Crippen molar-refractivity contribution in [3.8, 4) is 0 Å². The monoisotopic (exact) mass is 235 g/mol. The number of aryl methyl sites for hydroxylation is 1. The van der Waals surface area contributed by atoms with Crippen molar-refractivity contribution in [3.05, 3.63) is 18.0 Å². The minimum atomic E-state index is -0.345. The lowest BCUT2D eigenvalue weighted by atomic mass is 10.4. The number of nitrogens with one attached hydrogen (secondary N) is 2. The zero-order chi connectivity index (χ0) is 12.3. The number of urea groups is 1. The number of amides is 3. The van der Waals surface area contributed by atoms with Crippen LogP contribution in [0.4, 0.5) is 10.7 Å². The second kappa shape index (κ2) is 4.77. The molecule has 7 nitrogen and oxygen atoms in total. The number of hydrogen-bond donors (Lipinski definition) is 2. The van der Waals surface area contributed by atoms with Gasteiger partial charge in [-0.3, -0.25) is 9.69 Å². The summed E-state index contributed by atoms with van der Waals surface area (Å²) < 4.78 is 0. The van der Waals surface area contributed by atoms with E-state index >= 15 is 0 Å². The van der Waals surface area contributed by atoms with Crippen LogP contribution < -0.4 is 10.6 Å². The molecule has 1 aromatic heterocycles. The van der Waals surface area contributed by atoms with Gasteiger partial charge < -0.3 is 10.6 Å². The molecule has 0 bridgehead atoms. The first kappa shape index (κ1) is 11.3. The largest absolute Gasteiger partial charge is 0.352 e. The average Bonchev–Trinajstić information content (AvgIpc) is 2.61. The molecule has 1 fully saturated rings. The van der Waals surface area contributed by atoms with Crippen LogP contribution in [-0.2, 0) is 4.79 Å². The van der Waals surface area contributed by atoms with E-state index in [9.17, 15) is 9.59 Å². The van der Waals surface area contributed by atoms with Gasteiger partial charge in [-0.1, -0.05) is 0 Å². The predicted octanol–water partition coefficient (Wildman–Crippen LogP) is -0.251. The van der Waals surface area contributed by atoms with Crippen molar-refractivity contribution in [2.45, 2.75) is 6.92 Å². The molecule has 7 heteroatoms. The molecule has 0 atom stereocenters. The lowest BCUT2D eigenvalue weighted by Crippen LogP contribution is -2.35. The van der Waals surface area contributed by atoms with Crippen LogP contribution in [0.15, 0.2) is 12.3 Å². The molecule has 0 aromatic carbocycles. The number of rotatable bonds is 4. The van der Waals surface area contributed by atoms with Crippen molar-refractivity contribution < 1.29 is 9.59 Å². The van der Waals surface area contributed by atoms with Crippen molar-refractivity contribution >= 4 is 17.9 Å². The first-order chi connectivity index (χ1) is 8.16. The fourth-order valence-electron chi connectivity index (χ4n) is 1.50. The summed E-state index contributed by atoms with van der Waals surface area (Å²) in [5.74, 6) is 0.291. The lowest BCUT2D eigenvalue weighted by molar-refractivity contribution is -0.124. The molecule has 0 unspecified atom stereocenters. The van der Waals surface area contributed by atoms with E-state index in [2.05, 4.69) is 20.6 Å². The SMILES string of the molecule is Cc1ccnc(NCCN2C(=O)CNC2=O)n1. The summed E-state index contributed by atoms with van der Waals surface area (Å²) in [4.78, 5) is 31.8. The summed E-state index contributed by atoms with van der Waals surface area (Å²) in [6, 6.07) is 1.45. The summed E-state index contributed by atoms with van der Waals surface area (Å²) >= 11 is 0. The van der Waals surface area contributed by atoms with Crippen LogP contribution in [0.3, 0.4) is 0 Å². The number of carbonyl (C=O) groups is 2. The molecular formula is C10H13N5O2. The topological polar surface area (TPSA) is 87.2 Å². The van der Waals surface area contributed by atoms with Crippen molar-refractivity contribution in [1.29, 1.82) is 0 Å². The number of nitrogens with zero attached hydrogens (tertiary/aromatic N) is 3. The summed E-state index contributed by atoms with van der Waals surface area (Å²) in [6.07, 6.45) is 1.65. The van der Waals surface area contributed by atoms with Gasteiger partial charge in [0.05, 0.1) is 6.54 Å². The van der Waals surface area contributed by atoms with Crippen LogP contribution in [0.1, 0.15) is 5.69 Å². The van der Waals surface area contributed by atoms with E-state index in [0.29, 0.717) is 19.0 Å². The normalized spacial score (nSPS) is 15.0. The highest BCUT2D eigenvalue weighted by molar-refractivity contribution is 6.01. The Kier molecular flexibility index (Phi) is 3.17. The van der Waals surface area contributed by atoms with Crippen molar-refractivity contribution in [1.82, 2.24) is 20.2 Å². The molecule has 1 saturated heterocycles. The van der Waals surface area contributed by atoms with Crippen molar-refractivity contribution in [2.24, 2.45) is 0 Å². The van der Waals surface area contributed by atoms with Gasteiger partial charge in [0, 0.05) is 25.0 Å². The molecule has 17 heavy (non-hydrogen) atoms. The third-order valence-corrected chi connectivity index (χ3v) is 2.35. The number of carbonyl (C=O) groups excluding carboxylic acids is 2. The molecule has 2 N–H and O–H groups in total. The number of imide groups is 1. The van der Waals surface area contributed by atoms with E-state index in [1.165, 1.54) is 4.90 Å². The molecule has 90 valence electrons. The Morgan fingerprint density at radius 3 is 3.00 bits per heavy atom. The Labute approximate surface area is 98.2 Å². The van der Waals surface area contributed by atoms with Crippen molar-refractivity contribution in [3.63, 3.8) is 0 Å². The predicted molar refractivity (Wildman–Crippen MR) is 60.4 cm³/mol. The molecule has 3 amide bonds. The highest BCUT2D eigenvalue weighted by Gasteiger charge is 2.27. The van der Waals surface area contributed by atoms with Crippen LogP contribution in [0.5, 0.6) is 0 Å². The molecule has 1 aromatic rings. The maximum absolute atomic E-state index is 11.3. The minimum Gasteiger partial charge on any atom is -0.352 e. The Balaban J connectivity index is 1.83. The van der Waals surface area contributed by atoms with Gasteiger partial charge in [0.2, 0.25) is 11.9 Å². The van der Waals surface area contributed by atoms with Gasteiger partial charge >= 0.3 is 6.03 Å². The molecule has 0 aliphatic carbocycles. The summed E-state index contributed by atoms with van der Waals surface area (Å²) in [5.41, 5.74) is 0.859. The standard InChI is InChI=1S/C10H13N5O2/c1-7-2-3-11-9(14-7)12-4-5-15-8(16)6-13-10(15)17/h2-3H,4-6H2,1H3,(H,13,17)(H,11,12,14). The summed E-state index contributed by atoms with van der Waals surface area (Å²) in [7, 11) is 0. The Morgan fingerprint density at radius 1 is 1.53 bits per heavy atom. The van der Waals surface area contributed by atoms with Crippen molar-refractivity contribution in [2.75, 3.05) is 25.0 Å². The van der Waals surface area contributed by atoms with E-state index in [0.717, 1.165) is 5.69 Å². The highest BCUT2D eigenvalue weighted by atomic mass is 16.2. The molecule has 1 aliphatic rings. The minimum absolute atomic E-state index is 0.0831. The van der Waals surface area contributed by atoms with Crippen LogP contribution in [0.25, 0.3) is 0 Å². The summed E-state index contributed by atoms with van der Waals surface area (Å²) in [5, 5.41) is 5.41. The molecule has 2 heterocycles. The Bertz CT molecular complexity index is 432. The maximum Gasteiger partial charge on any atom is 0.324 e. The second-order valence-electron chi connectivity index (χ2n) is 3.65. The number of hydrogen-bond acceptors (Lipinski definition) is 5. The average molecular weight is 235 g/mol. The van der Waals surface area contributed by atoms with E-state index < -0.39 is 0 Å².